The lowest BCUT2D eigenvalue weighted by Gasteiger charge is -2.40. The Kier molecular flexibility index (Phi) is 12.5. The monoisotopic (exact) mass is 826 g/mol. The summed E-state index contributed by atoms with van der Waals surface area (Å²) in [4.78, 5) is 78.9. The average molecular weight is 827 g/mol. The average Bonchev–Trinajstić information content (AvgIpc) is 3.45. The molecule has 3 aliphatic heterocycles. The fourth-order valence-electron chi connectivity index (χ4n) is 8.20. The number of methoxy groups -OCH3 is 1. The normalized spacial score (nSPS) is 26.9. The quantitative estimate of drug-likeness (QED) is 0.0886. The first-order valence-electron chi connectivity index (χ1n) is 19.3. The van der Waals surface area contributed by atoms with E-state index in [0.717, 1.165) is 17.7 Å². The maximum absolute atomic E-state index is 13.9. The van der Waals surface area contributed by atoms with Gasteiger partial charge < -0.3 is 49.1 Å². The molecule has 5 aliphatic rings. The van der Waals surface area contributed by atoms with Gasteiger partial charge in [0.15, 0.2) is 24.1 Å². The van der Waals surface area contributed by atoms with Crippen LogP contribution in [0, 0.1) is 0 Å². The fourth-order valence-corrected chi connectivity index (χ4v) is 8.50. The lowest BCUT2D eigenvalue weighted by atomic mass is 9.72. The Hall–Kier alpha value is -4.43. The first kappa shape index (κ1) is 41.7. The van der Waals surface area contributed by atoms with Crippen molar-refractivity contribution >= 4 is 47.7 Å². The molecule has 312 valence electrons. The van der Waals surface area contributed by atoms with E-state index in [2.05, 4.69) is 17.9 Å². The predicted octanol–water partition coefficient (Wildman–Crippen LogP) is 1.81. The van der Waals surface area contributed by atoms with Gasteiger partial charge in [-0.3, -0.25) is 33.7 Å². The van der Waals surface area contributed by atoms with E-state index in [-0.39, 0.29) is 73.1 Å². The molecule has 0 spiro atoms. The molecule has 0 saturated carbocycles. The van der Waals surface area contributed by atoms with Crippen LogP contribution in [0.4, 0.5) is 0 Å². The number of hydrogen-bond donors (Lipinski definition) is 5. The number of Topliss-reactive ketones (excluding diaryl/α,β-unsaturated/α-hetero) is 1. The number of hydrogen-bond acceptors (Lipinski definition) is 16. The highest BCUT2D eigenvalue weighted by Crippen LogP contribution is 2.52. The Labute approximate surface area is 338 Å². The van der Waals surface area contributed by atoms with Gasteiger partial charge in [0, 0.05) is 55.6 Å². The molecular formula is C40H46N2O15S. The molecule has 0 radical (unpaired) electrons. The van der Waals surface area contributed by atoms with E-state index in [1.54, 1.807) is 0 Å². The van der Waals surface area contributed by atoms with Crippen molar-refractivity contribution in [1.82, 2.24) is 10.2 Å². The van der Waals surface area contributed by atoms with Crippen molar-refractivity contribution in [1.29, 1.82) is 0 Å². The van der Waals surface area contributed by atoms with E-state index in [0.29, 0.717) is 32.3 Å². The number of nitrogens with zero attached hydrogens (tertiary/aromatic N) is 1. The number of nitrogens with one attached hydrogen (secondary N) is 1. The Bertz CT molecular complexity index is 2000. The molecule has 58 heavy (non-hydrogen) atoms. The summed E-state index contributed by atoms with van der Waals surface area (Å²) in [7, 11) is 1.34. The maximum Gasteiger partial charge on any atom is 0.246 e. The lowest BCUT2D eigenvalue weighted by molar-refractivity contribution is -0.214. The van der Waals surface area contributed by atoms with Gasteiger partial charge in [-0.15, -0.1) is 0 Å². The zero-order valence-electron chi connectivity index (χ0n) is 31.9. The summed E-state index contributed by atoms with van der Waals surface area (Å²) in [6.07, 6.45) is -0.496. The van der Waals surface area contributed by atoms with Crippen LogP contribution in [-0.2, 0) is 49.3 Å². The molecule has 7 rings (SSSR count). The van der Waals surface area contributed by atoms with E-state index in [9.17, 15) is 44.1 Å². The van der Waals surface area contributed by atoms with Gasteiger partial charge >= 0.3 is 0 Å². The number of carbonyl (C=O) groups excluding carboxylic acids is 6. The smallest absolute Gasteiger partial charge is 0.246 e. The molecule has 18 heteroatoms. The second-order valence-electron chi connectivity index (χ2n) is 15.0. The second-order valence-corrected chi connectivity index (χ2v) is 15.7. The highest BCUT2D eigenvalue weighted by Gasteiger charge is 2.50. The molecule has 2 aliphatic carbocycles. The van der Waals surface area contributed by atoms with Crippen molar-refractivity contribution < 1.29 is 72.5 Å². The van der Waals surface area contributed by atoms with Crippen molar-refractivity contribution in [3.8, 4) is 17.2 Å². The van der Waals surface area contributed by atoms with Gasteiger partial charge in [0.25, 0.3) is 0 Å². The van der Waals surface area contributed by atoms with Crippen LogP contribution >= 0.6 is 12.6 Å². The molecule has 4 N–H and O–H groups in total. The Morgan fingerprint density at radius 1 is 0.983 bits per heavy atom. The van der Waals surface area contributed by atoms with Gasteiger partial charge in [-0.1, -0.05) is 12.1 Å². The molecule has 3 fully saturated rings. The van der Waals surface area contributed by atoms with Crippen LogP contribution in [0.1, 0.15) is 100 Å². The van der Waals surface area contributed by atoms with Gasteiger partial charge in [0.2, 0.25) is 23.5 Å². The number of aromatic hydroxyl groups is 2. The summed E-state index contributed by atoms with van der Waals surface area (Å²) in [5, 5.41) is 37.4. The summed E-state index contributed by atoms with van der Waals surface area (Å²) in [5.41, 5.74) is -3.34. The number of thiol groups is 1. The Morgan fingerprint density at radius 2 is 1.76 bits per heavy atom. The molecule has 3 heterocycles. The third-order valence-electron chi connectivity index (χ3n) is 11.2. The van der Waals surface area contributed by atoms with Gasteiger partial charge in [0.05, 0.1) is 47.9 Å². The minimum absolute atomic E-state index is 0.0257. The van der Waals surface area contributed by atoms with Gasteiger partial charge in [-0.25, -0.2) is 0 Å². The van der Waals surface area contributed by atoms with E-state index in [4.69, 9.17) is 28.4 Å². The number of imide groups is 1. The first-order chi connectivity index (χ1) is 27.8. The van der Waals surface area contributed by atoms with Crippen molar-refractivity contribution in [2.75, 3.05) is 46.6 Å². The van der Waals surface area contributed by atoms with E-state index in [1.165, 1.54) is 25.3 Å². The number of ether oxygens (including phenoxy) is 6. The van der Waals surface area contributed by atoms with Crippen molar-refractivity contribution in [3.05, 3.63) is 51.6 Å². The molecule has 3 amide bonds. The number of amides is 3. The number of phenolic OH excluding ortho intramolecular Hbond substituents is 2. The van der Waals surface area contributed by atoms with Crippen LogP contribution in [-0.4, -0.2) is 131 Å². The zero-order chi connectivity index (χ0) is 41.3. The number of aliphatic hydroxyl groups is 1. The Morgan fingerprint density at radius 3 is 2.48 bits per heavy atom. The number of phenols is 2. The van der Waals surface area contributed by atoms with Crippen LogP contribution in [0.25, 0.3) is 0 Å². The van der Waals surface area contributed by atoms with E-state index >= 15 is 0 Å². The Balaban J connectivity index is 1.00. The van der Waals surface area contributed by atoms with Crippen LogP contribution in [0.15, 0.2) is 18.2 Å². The number of likely N-dealkylation sites (tertiary alicyclic amines) is 1. The minimum Gasteiger partial charge on any atom is -0.507 e. The summed E-state index contributed by atoms with van der Waals surface area (Å²) in [6, 6.07) is 4.44. The third-order valence-corrected chi connectivity index (χ3v) is 11.6. The summed E-state index contributed by atoms with van der Waals surface area (Å²) in [5.74, 6) is -4.59. The second kappa shape index (κ2) is 17.4. The predicted molar refractivity (Wildman–Crippen MR) is 202 cm³/mol. The lowest BCUT2D eigenvalue weighted by Crippen LogP contribution is -2.49. The van der Waals surface area contributed by atoms with E-state index < -0.39 is 100 Å². The number of ketones is 3. The SMILES string of the molecule is COc1cccc2c1C(=O)c1c(O)c3c(c(O)c1C2=O)C[C@@](O)(C(=O)COC1CCCC(COCC(=O)NCCN2C(=O)CC(S)C2=O)O1)C[C@@H]3O[C@H]1CCCCO1. The van der Waals surface area contributed by atoms with Crippen LogP contribution in [0.5, 0.6) is 17.2 Å². The number of carbonyl (C=O) groups is 6. The van der Waals surface area contributed by atoms with Crippen molar-refractivity contribution in [3.63, 3.8) is 0 Å². The summed E-state index contributed by atoms with van der Waals surface area (Å²) in [6.45, 7) is -0.358. The minimum atomic E-state index is -2.21. The topological polar surface area (TPSA) is 234 Å². The van der Waals surface area contributed by atoms with Crippen LogP contribution < -0.4 is 10.1 Å². The van der Waals surface area contributed by atoms with Gasteiger partial charge in [-0.05, 0) is 44.6 Å². The molecule has 6 atom stereocenters. The summed E-state index contributed by atoms with van der Waals surface area (Å²) < 4.78 is 34.7. The number of rotatable bonds is 14. The molecule has 17 nitrogen and oxygen atoms in total. The molecule has 0 aromatic heterocycles. The number of fused-ring (bicyclic) bond motifs is 3. The molecule has 0 bridgehead atoms. The fraction of sp³-hybridized carbons (Fsp3) is 0.550. The molecule has 3 saturated heterocycles. The van der Waals surface area contributed by atoms with E-state index in [1.807, 2.05) is 0 Å². The van der Waals surface area contributed by atoms with Crippen LogP contribution in [0.2, 0.25) is 0 Å². The van der Waals surface area contributed by atoms with Crippen molar-refractivity contribution in [2.45, 2.75) is 93.4 Å². The summed E-state index contributed by atoms with van der Waals surface area (Å²) >= 11 is 4.08. The van der Waals surface area contributed by atoms with Crippen molar-refractivity contribution in [2.24, 2.45) is 0 Å². The van der Waals surface area contributed by atoms with Gasteiger partial charge in [-0.2, -0.15) is 12.6 Å². The standard InChI is InChI=1S/C40H46N2O15S/c1-52-23-8-5-7-21-31(23)37(48)34-33(35(21)46)36(47)22-15-40(51,16-24(32(22)38(34)49)57-29-9-2-3-13-54-29)26(43)18-55-30-10-4-6-20(56-30)17-53-19-27(44)41-11-12-42-28(45)14-25(58)39(42)50/h5,7-8,20,24-25,29-30,47,49,51,58H,2-4,6,9-19H2,1H3,(H,41,44)/t20?,24-,25?,29-,30?,40-/m0/s1. The molecular weight excluding hydrogens is 781 g/mol. The highest BCUT2D eigenvalue weighted by molar-refractivity contribution is 7.81. The number of benzene rings is 2. The molecule has 3 unspecified atom stereocenters. The molecule has 2 aromatic rings. The zero-order valence-corrected chi connectivity index (χ0v) is 32.8. The largest absolute Gasteiger partial charge is 0.507 e. The molecule has 2 aromatic carbocycles. The third kappa shape index (κ3) is 8.23. The highest BCUT2D eigenvalue weighted by atomic mass is 32.1. The first-order valence-corrected chi connectivity index (χ1v) is 19.9. The van der Waals surface area contributed by atoms with Gasteiger partial charge in [0.1, 0.15) is 36.1 Å². The maximum atomic E-state index is 13.9. The van der Waals surface area contributed by atoms with Crippen LogP contribution in [0.3, 0.4) is 0 Å².